The maximum Gasteiger partial charge on any atom is 0.343 e. The second-order valence-corrected chi connectivity index (χ2v) is 9.63. The van der Waals surface area contributed by atoms with Gasteiger partial charge in [-0.1, -0.05) is 55.1 Å². The van der Waals surface area contributed by atoms with Crippen LogP contribution in [0.2, 0.25) is 5.02 Å². The van der Waals surface area contributed by atoms with Gasteiger partial charge >= 0.3 is 5.97 Å². The summed E-state index contributed by atoms with van der Waals surface area (Å²) in [5.74, 6) is -0.436. The molecule has 0 spiro atoms. The SMILES string of the molecule is N=C1C(=Cc2ccc(OC(=O)c3ccccc3)c(Cl)c2)C(=O)N=C2SC(C3CCCCC3)=NN12. The van der Waals surface area contributed by atoms with Gasteiger partial charge in [-0.05, 0) is 60.5 Å². The first kappa shape index (κ1) is 22.6. The summed E-state index contributed by atoms with van der Waals surface area (Å²) >= 11 is 7.73. The Morgan fingerprint density at radius 2 is 1.91 bits per heavy atom. The number of nitrogens with one attached hydrogen (secondary N) is 1. The zero-order chi connectivity index (χ0) is 23.7. The molecule has 1 N–H and O–H groups in total. The molecule has 0 radical (unpaired) electrons. The fourth-order valence-corrected chi connectivity index (χ4v) is 5.40. The van der Waals surface area contributed by atoms with E-state index in [1.165, 1.54) is 36.0 Å². The van der Waals surface area contributed by atoms with Crippen molar-refractivity contribution >= 4 is 57.4 Å². The number of ether oxygens (including phenoxy) is 1. The molecule has 0 aromatic heterocycles. The number of carbonyl (C=O) groups is 2. The smallest absolute Gasteiger partial charge is 0.343 e. The quantitative estimate of drug-likeness (QED) is 0.332. The van der Waals surface area contributed by atoms with E-state index < -0.39 is 11.9 Å². The average molecular weight is 493 g/mol. The summed E-state index contributed by atoms with van der Waals surface area (Å²) in [4.78, 5) is 29.2. The Kier molecular flexibility index (Phi) is 6.34. The van der Waals surface area contributed by atoms with Crippen molar-refractivity contribution in [1.29, 1.82) is 5.41 Å². The molecular weight excluding hydrogens is 472 g/mol. The normalized spacial score (nSPS) is 19.7. The number of thioether (sulfide) groups is 1. The van der Waals surface area contributed by atoms with Gasteiger partial charge in [-0.2, -0.15) is 15.1 Å². The molecular formula is C25H21ClN4O3S. The number of carbonyl (C=O) groups excluding carboxylic acids is 2. The molecule has 2 aromatic carbocycles. The highest BCUT2D eigenvalue weighted by Crippen LogP contribution is 2.36. The summed E-state index contributed by atoms with van der Waals surface area (Å²) < 4.78 is 5.39. The zero-order valence-corrected chi connectivity index (χ0v) is 19.7. The largest absolute Gasteiger partial charge is 0.421 e. The first-order valence-corrected chi connectivity index (χ1v) is 12.3. The molecule has 1 aliphatic carbocycles. The van der Waals surface area contributed by atoms with E-state index in [1.54, 1.807) is 48.5 Å². The van der Waals surface area contributed by atoms with Crippen LogP contribution in [-0.2, 0) is 4.79 Å². The number of aliphatic imine (C=N–C) groups is 1. The number of amides is 1. The topological polar surface area (TPSA) is 95.2 Å². The van der Waals surface area contributed by atoms with Crippen LogP contribution in [0, 0.1) is 11.3 Å². The van der Waals surface area contributed by atoms with Crippen molar-refractivity contribution in [2.45, 2.75) is 32.1 Å². The average Bonchev–Trinajstić information content (AvgIpc) is 3.28. The molecule has 3 aliphatic rings. The molecule has 2 heterocycles. The Balaban J connectivity index is 1.35. The molecule has 5 rings (SSSR count). The molecule has 2 aliphatic heterocycles. The second-order valence-electron chi connectivity index (χ2n) is 8.24. The number of esters is 1. The Morgan fingerprint density at radius 1 is 1.15 bits per heavy atom. The third-order valence-corrected chi connectivity index (χ3v) is 7.27. The van der Waals surface area contributed by atoms with Gasteiger partial charge < -0.3 is 4.74 Å². The van der Waals surface area contributed by atoms with Crippen molar-refractivity contribution in [2.75, 3.05) is 0 Å². The van der Waals surface area contributed by atoms with E-state index in [2.05, 4.69) is 10.1 Å². The van der Waals surface area contributed by atoms with Gasteiger partial charge in [0, 0.05) is 5.92 Å². The number of hydrogen-bond donors (Lipinski definition) is 1. The van der Waals surface area contributed by atoms with Crippen LogP contribution in [0.4, 0.5) is 0 Å². The number of hydrazone groups is 1. The molecule has 9 heteroatoms. The van der Waals surface area contributed by atoms with E-state index in [4.69, 9.17) is 21.7 Å². The predicted octanol–water partition coefficient (Wildman–Crippen LogP) is 5.76. The maximum atomic E-state index is 12.7. The van der Waals surface area contributed by atoms with Crippen molar-refractivity contribution in [3.05, 3.63) is 70.3 Å². The molecule has 1 fully saturated rings. The third-order valence-electron chi connectivity index (χ3n) is 5.90. The molecule has 0 unspecified atom stereocenters. The molecule has 7 nitrogen and oxygen atoms in total. The summed E-state index contributed by atoms with van der Waals surface area (Å²) in [6, 6.07) is 13.4. The predicted molar refractivity (Wildman–Crippen MR) is 134 cm³/mol. The minimum Gasteiger partial charge on any atom is -0.421 e. The summed E-state index contributed by atoms with van der Waals surface area (Å²) in [6.07, 6.45) is 7.31. The van der Waals surface area contributed by atoms with Crippen molar-refractivity contribution in [3.8, 4) is 5.75 Å². The third kappa shape index (κ3) is 4.56. The molecule has 0 atom stereocenters. The minimum absolute atomic E-state index is 0.0102. The summed E-state index contributed by atoms with van der Waals surface area (Å²) in [5.41, 5.74) is 1.12. The van der Waals surface area contributed by atoms with Crippen LogP contribution in [-0.4, -0.2) is 32.9 Å². The first-order chi connectivity index (χ1) is 16.5. The Labute approximate surface area is 206 Å². The van der Waals surface area contributed by atoms with Gasteiger partial charge in [0.15, 0.2) is 5.84 Å². The Bertz CT molecular complexity index is 1270. The molecule has 172 valence electrons. The summed E-state index contributed by atoms with van der Waals surface area (Å²) in [6.45, 7) is 0. The fraction of sp³-hybridized carbons (Fsp3) is 0.240. The number of rotatable bonds is 4. The van der Waals surface area contributed by atoms with Crippen LogP contribution in [0.25, 0.3) is 6.08 Å². The van der Waals surface area contributed by atoms with Crippen LogP contribution in [0.15, 0.2) is 64.2 Å². The van der Waals surface area contributed by atoms with Crippen molar-refractivity contribution in [1.82, 2.24) is 5.01 Å². The monoisotopic (exact) mass is 492 g/mol. The number of amidine groups is 2. The minimum atomic E-state index is -0.516. The van der Waals surface area contributed by atoms with E-state index in [-0.39, 0.29) is 22.2 Å². The van der Waals surface area contributed by atoms with Gasteiger partial charge in [-0.3, -0.25) is 10.2 Å². The number of fused-ring (bicyclic) bond motifs is 1. The lowest BCUT2D eigenvalue weighted by Gasteiger charge is -2.20. The van der Waals surface area contributed by atoms with Gasteiger partial charge in [-0.25, -0.2) is 4.79 Å². The van der Waals surface area contributed by atoms with Gasteiger partial charge in [0.05, 0.1) is 16.2 Å². The van der Waals surface area contributed by atoms with Crippen molar-refractivity contribution < 1.29 is 14.3 Å². The van der Waals surface area contributed by atoms with Gasteiger partial charge in [0.1, 0.15) is 10.8 Å². The van der Waals surface area contributed by atoms with Gasteiger partial charge in [-0.15, -0.1) is 0 Å². The molecule has 0 saturated heterocycles. The van der Waals surface area contributed by atoms with Gasteiger partial charge in [0.25, 0.3) is 5.91 Å². The lowest BCUT2D eigenvalue weighted by atomic mass is 9.90. The van der Waals surface area contributed by atoms with Crippen LogP contribution in [0.1, 0.15) is 48.0 Å². The van der Waals surface area contributed by atoms with Crippen LogP contribution < -0.4 is 4.74 Å². The van der Waals surface area contributed by atoms with Crippen molar-refractivity contribution in [3.63, 3.8) is 0 Å². The number of hydrogen-bond acceptors (Lipinski definition) is 6. The highest BCUT2D eigenvalue weighted by molar-refractivity contribution is 8.27. The molecule has 2 aromatic rings. The maximum absolute atomic E-state index is 12.7. The second kappa shape index (κ2) is 9.56. The summed E-state index contributed by atoms with van der Waals surface area (Å²) in [7, 11) is 0. The highest BCUT2D eigenvalue weighted by Gasteiger charge is 2.37. The van der Waals surface area contributed by atoms with Crippen molar-refractivity contribution in [2.24, 2.45) is 16.0 Å². The molecule has 0 bridgehead atoms. The first-order valence-electron chi connectivity index (χ1n) is 11.1. The Morgan fingerprint density at radius 3 is 2.65 bits per heavy atom. The fourth-order valence-electron chi connectivity index (χ4n) is 4.11. The van der Waals surface area contributed by atoms with E-state index >= 15 is 0 Å². The van der Waals surface area contributed by atoms with E-state index in [9.17, 15) is 9.59 Å². The van der Waals surface area contributed by atoms with Gasteiger partial charge in [0.2, 0.25) is 5.17 Å². The standard InChI is InChI=1S/C25H21ClN4O3S/c26-19-14-15(11-12-20(19)33-24(32)17-9-5-2-6-10-17)13-18-21(27)30-25(28-22(18)31)34-23(29-30)16-7-3-1-4-8-16/h2,5-6,9-14,16,27H,1,3-4,7-8H2. The highest BCUT2D eigenvalue weighted by atomic mass is 35.5. The lowest BCUT2D eigenvalue weighted by molar-refractivity contribution is -0.114. The van der Waals surface area contributed by atoms with Crippen LogP contribution in [0.5, 0.6) is 5.75 Å². The number of benzene rings is 2. The molecule has 34 heavy (non-hydrogen) atoms. The van der Waals surface area contributed by atoms with E-state index in [0.717, 1.165) is 17.9 Å². The van der Waals surface area contributed by atoms with Crippen LogP contribution >= 0.6 is 23.4 Å². The lowest BCUT2D eigenvalue weighted by Crippen LogP contribution is -2.35. The number of halogens is 1. The van der Waals surface area contributed by atoms with E-state index in [0.29, 0.717) is 22.2 Å². The molecule has 1 amide bonds. The summed E-state index contributed by atoms with van der Waals surface area (Å²) in [5, 5.41) is 16.2. The Hall–Kier alpha value is -3.23. The molecule has 1 saturated carbocycles. The zero-order valence-electron chi connectivity index (χ0n) is 18.2. The van der Waals surface area contributed by atoms with Crippen LogP contribution in [0.3, 0.4) is 0 Å². The van der Waals surface area contributed by atoms with E-state index in [1.807, 2.05) is 6.07 Å². The number of nitrogens with zero attached hydrogens (tertiary/aromatic N) is 3.